The van der Waals surface area contributed by atoms with Crippen LogP contribution >= 0.6 is 0 Å². The van der Waals surface area contributed by atoms with E-state index in [2.05, 4.69) is 25.6 Å². The van der Waals surface area contributed by atoms with Crippen LogP contribution in [0.2, 0.25) is 0 Å². The lowest BCUT2D eigenvalue weighted by Gasteiger charge is -2.08. The highest BCUT2D eigenvalue weighted by molar-refractivity contribution is 5.86. The Balaban J connectivity index is 2.17. The zero-order valence-corrected chi connectivity index (χ0v) is 17.2. The van der Waals surface area contributed by atoms with Crippen LogP contribution in [0.25, 0.3) is 0 Å². The molecule has 23 heteroatoms. The molecule has 1 heterocycles. The highest BCUT2D eigenvalue weighted by Gasteiger charge is 2.34. The van der Waals surface area contributed by atoms with E-state index in [4.69, 9.17) is 0 Å². The number of aromatic nitrogens is 2. The highest BCUT2D eigenvalue weighted by Crippen LogP contribution is 2.43. The first-order chi connectivity index (χ1) is 17.3. The average Bonchev–Trinajstić information content (AvgIpc) is 3.24. The first kappa shape index (κ1) is 25.2. The molecule has 0 spiro atoms. The lowest BCUT2D eigenvalue weighted by Crippen LogP contribution is -2.06. The van der Waals surface area contributed by atoms with Crippen LogP contribution in [0.3, 0.4) is 0 Å². The van der Waals surface area contributed by atoms with Crippen molar-refractivity contribution in [2.45, 2.75) is 0 Å². The summed E-state index contributed by atoms with van der Waals surface area (Å²) in [6.07, 6.45) is 0. The number of nitrogens with zero attached hydrogens (tertiary/aromatic N) is 8. The lowest BCUT2D eigenvalue weighted by atomic mass is 10.2. The van der Waals surface area contributed by atoms with E-state index in [1.54, 1.807) is 0 Å². The minimum absolute atomic E-state index is 0.391. The molecule has 2 N–H and O–H groups in total. The van der Waals surface area contributed by atoms with Crippen LogP contribution in [-0.4, -0.2) is 39.9 Å². The quantitative estimate of drug-likeness (QED) is 0.285. The van der Waals surface area contributed by atoms with Gasteiger partial charge in [0.1, 0.15) is 0 Å². The Morgan fingerprint density at radius 3 is 1.00 bits per heavy atom. The van der Waals surface area contributed by atoms with Crippen molar-refractivity contribution < 1.29 is 34.2 Å². The molecular weight excluding hydrogens is 516 g/mol. The number of anilines is 4. The summed E-state index contributed by atoms with van der Waals surface area (Å²) in [5.41, 5.74) is -8.57. The van der Waals surface area contributed by atoms with Crippen molar-refractivity contribution in [3.8, 4) is 0 Å². The largest absolute Gasteiger partial charge is 0.323 e. The molecule has 0 aliphatic rings. The number of nitrogens with one attached hydrogen (secondary N) is 2. The summed E-state index contributed by atoms with van der Waals surface area (Å²) in [6, 6.07) is 1.56. The smallest absolute Gasteiger partial charge is 0.306 e. The fourth-order valence-electron chi connectivity index (χ4n) is 2.83. The van der Waals surface area contributed by atoms with E-state index in [9.17, 15) is 60.7 Å². The maximum atomic E-state index is 11.4. The van der Waals surface area contributed by atoms with Crippen molar-refractivity contribution in [3.63, 3.8) is 0 Å². The number of hydrogen-bond donors (Lipinski definition) is 2. The molecule has 0 atom stereocenters. The second-order valence-electron chi connectivity index (χ2n) is 6.47. The number of hydrogen-bond acceptors (Lipinski definition) is 17. The summed E-state index contributed by atoms with van der Waals surface area (Å²) in [7, 11) is 0. The second kappa shape index (κ2) is 9.44. The summed E-state index contributed by atoms with van der Waals surface area (Å²) in [4.78, 5) is 60.8. The van der Waals surface area contributed by atoms with Crippen LogP contribution in [0.5, 0.6) is 0 Å². The van der Waals surface area contributed by atoms with E-state index in [1.807, 2.05) is 0 Å². The molecule has 0 saturated carbocycles. The summed E-state index contributed by atoms with van der Waals surface area (Å²) < 4.78 is 4.39. The molecule has 0 aliphatic carbocycles. The molecule has 3 aromatic rings. The monoisotopic (exact) mass is 522 g/mol. The van der Waals surface area contributed by atoms with E-state index in [1.165, 1.54) is 0 Å². The minimum Gasteiger partial charge on any atom is -0.323 e. The number of nitro benzene ring substituents is 6. The summed E-state index contributed by atoms with van der Waals surface area (Å²) in [5, 5.41) is 78.5. The molecule has 0 radical (unpaired) electrons. The van der Waals surface area contributed by atoms with Crippen molar-refractivity contribution in [2.24, 2.45) is 0 Å². The van der Waals surface area contributed by atoms with Gasteiger partial charge in [0.05, 0.1) is 53.8 Å². The minimum atomic E-state index is -1.20. The maximum absolute atomic E-state index is 11.4. The number of benzene rings is 2. The van der Waals surface area contributed by atoms with Gasteiger partial charge in [-0.1, -0.05) is 0 Å². The van der Waals surface area contributed by atoms with Crippen LogP contribution in [0.15, 0.2) is 28.9 Å². The van der Waals surface area contributed by atoms with E-state index in [0.717, 1.165) is 0 Å². The van der Waals surface area contributed by atoms with E-state index in [-0.39, 0.29) is 0 Å². The van der Waals surface area contributed by atoms with E-state index >= 15 is 0 Å². The van der Waals surface area contributed by atoms with E-state index < -0.39 is 86.7 Å². The molecule has 0 aliphatic heterocycles. The molecule has 190 valence electrons. The summed E-state index contributed by atoms with van der Waals surface area (Å²) in [5.74, 6) is -1.50. The van der Waals surface area contributed by atoms with Gasteiger partial charge in [0.25, 0.3) is 11.4 Å². The van der Waals surface area contributed by atoms with Gasteiger partial charge in [-0.3, -0.25) is 60.7 Å². The lowest BCUT2D eigenvalue weighted by molar-refractivity contribution is -0.402. The third-order valence-corrected chi connectivity index (χ3v) is 4.35. The number of nitro groups is 6. The van der Waals surface area contributed by atoms with Gasteiger partial charge < -0.3 is 10.6 Å². The van der Waals surface area contributed by atoms with Gasteiger partial charge in [0.2, 0.25) is 11.6 Å². The van der Waals surface area contributed by atoms with Gasteiger partial charge in [-0.25, -0.2) is 4.63 Å². The molecule has 0 fully saturated rings. The van der Waals surface area contributed by atoms with Gasteiger partial charge in [-0.2, -0.15) is 0 Å². The first-order valence-corrected chi connectivity index (χ1v) is 8.90. The van der Waals surface area contributed by atoms with Gasteiger partial charge in [-0.15, -0.1) is 0 Å². The standard InChI is InChI=1S/C14H6N10O13/c25-19(26)5-1-7(21(29)30)11(8(2-5)22(31)32)15-13-14(18-37-17-13)16-12-9(23(33)34)3-6(20(27)28)4-10(12)24(35)36/h1-4H,(H,15,17)(H,16,18). The van der Waals surface area contributed by atoms with Crippen molar-refractivity contribution >= 4 is 57.1 Å². The van der Waals surface area contributed by atoms with Crippen LogP contribution < -0.4 is 10.6 Å². The van der Waals surface area contributed by atoms with Gasteiger partial charge in [0, 0.05) is 0 Å². The molecule has 1 aromatic heterocycles. The van der Waals surface area contributed by atoms with Crippen molar-refractivity contribution in [2.75, 3.05) is 10.6 Å². The van der Waals surface area contributed by atoms with Gasteiger partial charge in [0.15, 0.2) is 11.4 Å². The Kier molecular flexibility index (Phi) is 6.43. The van der Waals surface area contributed by atoms with Crippen molar-refractivity contribution in [3.05, 3.63) is 85.0 Å². The Morgan fingerprint density at radius 2 is 0.784 bits per heavy atom. The number of rotatable bonds is 10. The molecule has 0 amide bonds. The molecule has 37 heavy (non-hydrogen) atoms. The first-order valence-electron chi connectivity index (χ1n) is 8.90. The molecule has 3 rings (SSSR count). The summed E-state index contributed by atoms with van der Waals surface area (Å²) in [6.45, 7) is 0. The summed E-state index contributed by atoms with van der Waals surface area (Å²) >= 11 is 0. The van der Waals surface area contributed by atoms with Crippen LogP contribution in [0.4, 0.5) is 57.1 Å². The maximum Gasteiger partial charge on any atom is 0.306 e. The Hall–Kier alpha value is -6.42. The average molecular weight is 522 g/mol. The Bertz CT molecular complexity index is 1340. The van der Waals surface area contributed by atoms with Crippen LogP contribution in [-0.2, 0) is 0 Å². The zero-order chi connectivity index (χ0) is 27.6. The van der Waals surface area contributed by atoms with Crippen molar-refractivity contribution in [1.29, 1.82) is 0 Å². The predicted octanol–water partition coefficient (Wildman–Crippen LogP) is 3.01. The van der Waals surface area contributed by atoms with Crippen molar-refractivity contribution in [1.82, 2.24) is 10.3 Å². The topological polar surface area (TPSA) is 322 Å². The molecule has 0 unspecified atom stereocenters. The van der Waals surface area contributed by atoms with Gasteiger partial charge >= 0.3 is 22.7 Å². The third-order valence-electron chi connectivity index (χ3n) is 4.35. The zero-order valence-electron chi connectivity index (χ0n) is 17.2. The fraction of sp³-hybridized carbons (Fsp3) is 0. The molecule has 0 saturated heterocycles. The molecular formula is C14H6N10O13. The van der Waals surface area contributed by atoms with Crippen LogP contribution in [0, 0.1) is 60.7 Å². The van der Waals surface area contributed by atoms with E-state index in [0.29, 0.717) is 24.3 Å². The fourth-order valence-corrected chi connectivity index (χ4v) is 2.83. The Labute approximate surface area is 198 Å². The SMILES string of the molecule is O=[N+]([O-])c1cc([N+](=O)[O-])c(Nc2nonc2Nc2c([N+](=O)[O-])cc([N+](=O)[O-])cc2[N+](=O)[O-])c([N+](=O)[O-])c1. The third kappa shape index (κ3) is 4.93. The van der Waals surface area contributed by atoms with Gasteiger partial charge in [-0.05, 0) is 10.3 Å². The molecule has 0 bridgehead atoms. The normalized spacial score (nSPS) is 10.4. The number of non-ortho nitro benzene ring substituents is 2. The highest BCUT2D eigenvalue weighted by atomic mass is 16.6. The Morgan fingerprint density at radius 1 is 0.514 bits per heavy atom. The molecule has 2 aromatic carbocycles. The second-order valence-corrected chi connectivity index (χ2v) is 6.47. The molecule has 23 nitrogen and oxygen atoms in total. The van der Waals surface area contributed by atoms with Crippen LogP contribution in [0.1, 0.15) is 0 Å². The predicted molar refractivity (Wildman–Crippen MR) is 114 cm³/mol.